The molecule has 3 rings (SSSR count). The van der Waals surface area contributed by atoms with Crippen molar-refractivity contribution in [2.75, 3.05) is 12.9 Å². The molecule has 0 saturated heterocycles. The second-order valence-electron chi connectivity index (χ2n) is 8.96. The molecule has 0 aliphatic heterocycles. The van der Waals surface area contributed by atoms with Crippen molar-refractivity contribution in [3.8, 4) is 17.6 Å². The molecule has 2 aromatic carbocycles. The number of aromatic nitrogens is 1. The number of nitrogens with zero attached hydrogens (tertiary/aromatic N) is 2. The normalized spacial score (nSPS) is 11.7. The van der Waals surface area contributed by atoms with E-state index in [-0.39, 0.29) is 12.4 Å². The van der Waals surface area contributed by atoms with Crippen LogP contribution in [0.1, 0.15) is 55.1 Å². The summed E-state index contributed by atoms with van der Waals surface area (Å²) in [7, 11) is -3.12. The van der Waals surface area contributed by atoms with Crippen LogP contribution >= 0.6 is 11.6 Å². The van der Waals surface area contributed by atoms with Gasteiger partial charge in [0.15, 0.2) is 15.6 Å². The lowest BCUT2D eigenvalue weighted by Gasteiger charge is -2.27. The van der Waals surface area contributed by atoms with Gasteiger partial charge < -0.3 is 9.47 Å². The van der Waals surface area contributed by atoms with Crippen molar-refractivity contribution in [1.29, 1.82) is 5.26 Å². The highest BCUT2D eigenvalue weighted by molar-refractivity contribution is 7.89. The van der Waals surface area contributed by atoms with E-state index in [1.807, 2.05) is 43.3 Å². The molecule has 6 nitrogen and oxygen atoms in total. The Morgan fingerprint density at radius 1 is 1.06 bits per heavy atom. The van der Waals surface area contributed by atoms with Gasteiger partial charge in [0, 0.05) is 17.9 Å². The molecule has 0 N–H and O–H groups in total. The van der Waals surface area contributed by atoms with Crippen molar-refractivity contribution in [3.05, 3.63) is 87.7 Å². The molecule has 0 saturated carbocycles. The van der Waals surface area contributed by atoms with E-state index in [1.54, 1.807) is 18.3 Å². The van der Waals surface area contributed by atoms with E-state index >= 15 is 0 Å². The maximum Gasteiger partial charge on any atom is 0.155 e. The van der Waals surface area contributed by atoms with E-state index in [4.69, 9.17) is 21.1 Å². The third-order valence-electron chi connectivity index (χ3n) is 5.61. The van der Waals surface area contributed by atoms with E-state index in [1.165, 1.54) is 6.26 Å². The minimum absolute atomic E-state index is 0.0322. The van der Waals surface area contributed by atoms with Gasteiger partial charge in [0.25, 0.3) is 0 Å². The Hall–Kier alpha value is -3.08. The topological polar surface area (TPSA) is 89.3 Å². The Labute approximate surface area is 212 Å². The highest BCUT2D eigenvalue weighted by Gasteiger charge is 2.26. The molecule has 0 bridgehead atoms. The third kappa shape index (κ3) is 6.97. The molecular formula is C27H29ClN2O4S. The quantitative estimate of drug-likeness (QED) is 0.338. The zero-order valence-corrected chi connectivity index (χ0v) is 21.9. The van der Waals surface area contributed by atoms with Crippen molar-refractivity contribution < 1.29 is 17.9 Å². The van der Waals surface area contributed by atoms with Crippen LogP contribution < -0.4 is 9.47 Å². The number of hydrogen-bond acceptors (Lipinski definition) is 6. The van der Waals surface area contributed by atoms with Gasteiger partial charge in [0.05, 0.1) is 28.6 Å². The average molecular weight is 513 g/mol. The Kier molecular flexibility index (Phi) is 8.42. The Morgan fingerprint density at radius 2 is 1.77 bits per heavy atom. The van der Waals surface area contributed by atoms with Crippen LogP contribution in [0.15, 0.2) is 54.7 Å². The number of rotatable bonds is 10. The van der Waals surface area contributed by atoms with E-state index < -0.39 is 15.3 Å². The minimum atomic E-state index is -3.12. The first-order valence-corrected chi connectivity index (χ1v) is 13.7. The number of benzene rings is 2. The molecule has 35 heavy (non-hydrogen) atoms. The molecule has 1 aromatic heterocycles. The van der Waals surface area contributed by atoms with Crippen LogP contribution in [0.3, 0.4) is 0 Å². The lowest BCUT2D eigenvalue weighted by atomic mass is 9.77. The lowest BCUT2D eigenvalue weighted by Crippen LogP contribution is -2.19. The fraction of sp³-hybridized carbons (Fsp3) is 0.333. The Morgan fingerprint density at radius 3 is 2.40 bits per heavy atom. The SMILES string of the molecule is CCCOc1c(Cl)cc(C(C)(C)c2ccc(OCc3cc(CS(C)(=O)=O)ccn3)cc2)cc1C#N. The Bertz CT molecular complexity index is 1330. The highest BCUT2D eigenvalue weighted by atomic mass is 35.5. The van der Waals surface area contributed by atoms with Gasteiger partial charge in [-0.2, -0.15) is 5.26 Å². The van der Waals surface area contributed by atoms with E-state index in [2.05, 4.69) is 24.9 Å². The summed E-state index contributed by atoms with van der Waals surface area (Å²) in [5, 5.41) is 10.0. The van der Waals surface area contributed by atoms with Gasteiger partial charge in [-0.3, -0.25) is 4.98 Å². The molecule has 0 aliphatic carbocycles. The highest BCUT2D eigenvalue weighted by Crippen LogP contribution is 2.38. The molecule has 1 heterocycles. The standard InChI is InChI=1S/C27H29ClN2O4S/c1-5-12-33-26-20(16-29)14-22(15-25(26)28)27(2,3)21-6-8-24(9-7-21)34-17-23-13-19(10-11-30-23)18-35(4,31)32/h6-11,13-15H,5,12,17-18H2,1-4H3. The summed E-state index contributed by atoms with van der Waals surface area (Å²) in [4.78, 5) is 4.26. The molecule has 184 valence electrons. The van der Waals surface area contributed by atoms with Crippen molar-refractivity contribution in [3.63, 3.8) is 0 Å². The van der Waals surface area contributed by atoms with Gasteiger partial charge in [0.1, 0.15) is 18.4 Å². The van der Waals surface area contributed by atoms with Crippen LogP contribution in [0.2, 0.25) is 5.02 Å². The van der Waals surface area contributed by atoms with Crippen LogP contribution in [0.4, 0.5) is 0 Å². The zero-order valence-electron chi connectivity index (χ0n) is 20.3. The van der Waals surface area contributed by atoms with Crippen LogP contribution in [0.25, 0.3) is 0 Å². The van der Waals surface area contributed by atoms with Crippen molar-refractivity contribution in [1.82, 2.24) is 4.98 Å². The van der Waals surface area contributed by atoms with Gasteiger partial charge >= 0.3 is 0 Å². The number of nitriles is 1. The molecule has 0 atom stereocenters. The second-order valence-corrected chi connectivity index (χ2v) is 11.5. The van der Waals surface area contributed by atoms with Crippen molar-refractivity contribution in [2.45, 2.75) is 45.0 Å². The van der Waals surface area contributed by atoms with Gasteiger partial charge in [-0.05, 0) is 59.5 Å². The molecule has 0 fully saturated rings. The van der Waals surface area contributed by atoms with Gasteiger partial charge in [0.2, 0.25) is 0 Å². The molecule has 0 amide bonds. The van der Waals surface area contributed by atoms with Crippen LogP contribution in [-0.2, 0) is 27.6 Å². The van der Waals surface area contributed by atoms with E-state index in [0.29, 0.717) is 39.9 Å². The molecule has 8 heteroatoms. The maximum atomic E-state index is 11.5. The Balaban J connectivity index is 1.75. The monoisotopic (exact) mass is 512 g/mol. The molecular weight excluding hydrogens is 484 g/mol. The lowest BCUT2D eigenvalue weighted by molar-refractivity contribution is 0.301. The molecule has 3 aromatic rings. The third-order valence-corrected chi connectivity index (χ3v) is 6.75. The number of pyridine rings is 1. The van der Waals surface area contributed by atoms with Gasteiger partial charge in [-0.25, -0.2) is 8.42 Å². The molecule has 0 spiro atoms. The summed E-state index contributed by atoms with van der Waals surface area (Å²) >= 11 is 6.48. The van der Waals surface area contributed by atoms with Crippen molar-refractivity contribution in [2.24, 2.45) is 0 Å². The number of hydrogen-bond donors (Lipinski definition) is 0. The number of sulfone groups is 1. The maximum absolute atomic E-state index is 11.5. The summed E-state index contributed by atoms with van der Waals surface area (Å²) in [6, 6.07) is 17.0. The smallest absolute Gasteiger partial charge is 0.155 e. The largest absolute Gasteiger partial charge is 0.491 e. The van der Waals surface area contributed by atoms with Gasteiger partial charge in [-0.1, -0.05) is 44.5 Å². The summed E-state index contributed by atoms with van der Waals surface area (Å²) in [5.74, 6) is 1.06. The number of ether oxygens (including phenoxy) is 2. The van der Waals surface area contributed by atoms with Crippen LogP contribution in [0.5, 0.6) is 11.5 Å². The first-order chi connectivity index (χ1) is 16.5. The average Bonchev–Trinajstić information content (AvgIpc) is 2.81. The molecule has 0 aliphatic rings. The second kappa shape index (κ2) is 11.1. The summed E-state index contributed by atoms with van der Waals surface area (Å²) in [6.45, 7) is 6.85. The van der Waals surface area contributed by atoms with Gasteiger partial charge in [-0.15, -0.1) is 0 Å². The van der Waals surface area contributed by atoms with Crippen LogP contribution in [0, 0.1) is 11.3 Å². The molecule has 0 radical (unpaired) electrons. The van der Waals surface area contributed by atoms with Crippen molar-refractivity contribution >= 4 is 21.4 Å². The fourth-order valence-electron chi connectivity index (χ4n) is 3.68. The summed E-state index contributed by atoms with van der Waals surface area (Å²) in [6.07, 6.45) is 3.62. The van der Waals surface area contributed by atoms with Crippen LogP contribution in [-0.4, -0.2) is 26.3 Å². The van der Waals surface area contributed by atoms with E-state index in [9.17, 15) is 13.7 Å². The zero-order chi connectivity index (χ0) is 25.6. The summed E-state index contributed by atoms with van der Waals surface area (Å²) in [5.41, 5.74) is 3.26. The summed E-state index contributed by atoms with van der Waals surface area (Å²) < 4.78 is 34.6. The fourth-order valence-corrected chi connectivity index (χ4v) is 4.74. The predicted molar refractivity (Wildman–Crippen MR) is 138 cm³/mol. The minimum Gasteiger partial charge on any atom is -0.491 e. The predicted octanol–water partition coefficient (Wildman–Crippen LogP) is 5.84. The van der Waals surface area contributed by atoms with E-state index in [0.717, 1.165) is 17.5 Å². The number of halogens is 1. The first kappa shape index (κ1) is 26.5. The first-order valence-electron chi connectivity index (χ1n) is 11.2. The molecule has 0 unspecified atom stereocenters.